The van der Waals surface area contributed by atoms with Gasteiger partial charge < -0.3 is 10.0 Å². The highest BCUT2D eigenvalue weighted by atomic mass is 31.0. The molecule has 1 N–H and O–H groups in total. The standard InChI is InChI=1S/C24H18FN2O2P/c25-16-8-6-14(7-9-16)12-27-13-19-20(15-3-1-4-17(30)11-15)18-5-2-10-26-22(18)23(28)21(19)24(27)29/h1-11,28H,12-13,30H2. The highest BCUT2D eigenvalue weighted by Crippen LogP contribution is 2.44. The number of benzene rings is 3. The molecule has 1 aliphatic heterocycles. The largest absolute Gasteiger partial charge is 0.505 e. The maximum atomic E-state index is 13.3. The molecule has 0 fully saturated rings. The molecule has 0 bridgehead atoms. The third kappa shape index (κ3) is 3.03. The molecule has 1 atom stereocenters. The maximum absolute atomic E-state index is 13.3. The van der Waals surface area contributed by atoms with Gasteiger partial charge in [-0.1, -0.05) is 36.4 Å². The van der Waals surface area contributed by atoms with E-state index in [-0.39, 0.29) is 17.5 Å². The molecular weight excluding hydrogens is 398 g/mol. The van der Waals surface area contributed by atoms with E-state index in [9.17, 15) is 14.3 Å². The summed E-state index contributed by atoms with van der Waals surface area (Å²) in [5.41, 5.74) is 4.20. The van der Waals surface area contributed by atoms with Gasteiger partial charge in [-0.05, 0) is 51.8 Å². The number of phenolic OH excluding ortho intramolecular Hbond substituents is 1. The van der Waals surface area contributed by atoms with Crippen LogP contribution in [0.5, 0.6) is 5.75 Å². The van der Waals surface area contributed by atoms with Crippen LogP contribution in [0.3, 0.4) is 0 Å². The summed E-state index contributed by atoms with van der Waals surface area (Å²) in [5.74, 6) is -0.648. The molecule has 0 spiro atoms. The number of rotatable bonds is 3. The summed E-state index contributed by atoms with van der Waals surface area (Å²) in [7, 11) is 2.69. The van der Waals surface area contributed by atoms with Gasteiger partial charge in [0, 0.05) is 24.7 Å². The molecule has 0 saturated heterocycles. The summed E-state index contributed by atoms with van der Waals surface area (Å²) in [6.45, 7) is 0.695. The van der Waals surface area contributed by atoms with E-state index in [0.29, 0.717) is 24.2 Å². The minimum absolute atomic E-state index is 0.0852. The van der Waals surface area contributed by atoms with Crippen molar-refractivity contribution in [2.45, 2.75) is 13.1 Å². The van der Waals surface area contributed by atoms with Crippen LogP contribution in [-0.4, -0.2) is 20.9 Å². The van der Waals surface area contributed by atoms with E-state index in [4.69, 9.17) is 0 Å². The SMILES string of the molecule is O=C1c2c(c(-c3cccc(P)c3)c3cccnc3c2O)CN1Cc1ccc(F)cc1. The highest BCUT2D eigenvalue weighted by Gasteiger charge is 2.35. The molecule has 30 heavy (non-hydrogen) atoms. The van der Waals surface area contributed by atoms with Gasteiger partial charge in [0.25, 0.3) is 5.91 Å². The molecule has 0 radical (unpaired) electrons. The van der Waals surface area contributed by atoms with Crippen LogP contribution in [0.15, 0.2) is 66.9 Å². The number of pyridine rings is 1. The molecule has 148 valence electrons. The van der Waals surface area contributed by atoms with Gasteiger partial charge in [0.2, 0.25) is 0 Å². The summed E-state index contributed by atoms with van der Waals surface area (Å²) < 4.78 is 13.3. The first kappa shape index (κ1) is 18.7. The number of hydrogen-bond acceptors (Lipinski definition) is 3. The van der Waals surface area contributed by atoms with Gasteiger partial charge in [0.15, 0.2) is 5.75 Å². The lowest BCUT2D eigenvalue weighted by atomic mass is 9.92. The monoisotopic (exact) mass is 416 g/mol. The molecule has 6 heteroatoms. The van der Waals surface area contributed by atoms with E-state index >= 15 is 0 Å². The zero-order chi connectivity index (χ0) is 20.8. The van der Waals surface area contributed by atoms with Crippen LogP contribution in [0.1, 0.15) is 21.5 Å². The number of aromatic hydroxyl groups is 1. The molecule has 5 rings (SSSR count). The second kappa shape index (κ2) is 7.19. The Labute approximate surface area is 175 Å². The van der Waals surface area contributed by atoms with Crippen molar-refractivity contribution < 1.29 is 14.3 Å². The van der Waals surface area contributed by atoms with Crippen molar-refractivity contribution in [2.75, 3.05) is 0 Å². The van der Waals surface area contributed by atoms with Crippen molar-refractivity contribution in [3.8, 4) is 16.9 Å². The van der Waals surface area contributed by atoms with Crippen molar-refractivity contribution in [3.05, 3.63) is 89.4 Å². The van der Waals surface area contributed by atoms with Gasteiger partial charge in [-0.2, -0.15) is 0 Å². The highest BCUT2D eigenvalue weighted by molar-refractivity contribution is 7.27. The summed E-state index contributed by atoms with van der Waals surface area (Å²) in [4.78, 5) is 19.3. The van der Waals surface area contributed by atoms with E-state index in [1.807, 2.05) is 36.4 Å². The number of carbonyl (C=O) groups excluding carboxylic acids is 1. The van der Waals surface area contributed by atoms with E-state index in [1.165, 1.54) is 12.1 Å². The zero-order valence-electron chi connectivity index (χ0n) is 16.0. The van der Waals surface area contributed by atoms with Crippen LogP contribution in [0.25, 0.3) is 22.0 Å². The third-order valence-electron chi connectivity index (χ3n) is 5.45. The average Bonchev–Trinajstić information content (AvgIpc) is 3.06. The van der Waals surface area contributed by atoms with Crippen LogP contribution in [0, 0.1) is 5.82 Å². The molecule has 1 aromatic heterocycles. The Hall–Kier alpha value is -3.30. The van der Waals surface area contributed by atoms with E-state index in [2.05, 4.69) is 14.2 Å². The fourth-order valence-electron chi connectivity index (χ4n) is 4.12. The predicted molar refractivity (Wildman–Crippen MR) is 118 cm³/mol. The lowest BCUT2D eigenvalue weighted by molar-refractivity contribution is 0.0764. The second-order valence-corrected chi connectivity index (χ2v) is 8.06. The number of carbonyl (C=O) groups is 1. The van der Waals surface area contributed by atoms with Crippen LogP contribution in [0.2, 0.25) is 0 Å². The van der Waals surface area contributed by atoms with Gasteiger partial charge in [-0.15, -0.1) is 9.24 Å². The smallest absolute Gasteiger partial charge is 0.258 e. The van der Waals surface area contributed by atoms with Gasteiger partial charge in [0.05, 0.1) is 5.56 Å². The summed E-state index contributed by atoms with van der Waals surface area (Å²) in [5, 5.41) is 12.8. The Bertz CT molecular complexity index is 1300. The fourth-order valence-corrected chi connectivity index (χ4v) is 4.41. The van der Waals surface area contributed by atoms with Crippen LogP contribution < -0.4 is 5.30 Å². The Kier molecular flexibility index (Phi) is 4.48. The molecule has 1 unspecified atom stereocenters. The maximum Gasteiger partial charge on any atom is 0.258 e. The van der Waals surface area contributed by atoms with Gasteiger partial charge in [-0.3, -0.25) is 9.78 Å². The number of aromatic nitrogens is 1. The molecular formula is C24H18FN2O2P. The first-order chi connectivity index (χ1) is 14.5. The minimum atomic E-state index is -0.315. The Balaban J connectivity index is 1.69. The van der Waals surface area contributed by atoms with Crippen LogP contribution in [0.4, 0.5) is 4.39 Å². The van der Waals surface area contributed by atoms with E-state index in [0.717, 1.165) is 32.9 Å². The Morgan fingerprint density at radius 1 is 1.07 bits per heavy atom. The quantitative estimate of drug-likeness (QED) is 0.504. The van der Waals surface area contributed by atoms with Gasteiger partial charge in [-0.25, -0.2) is 4.39 Å². The molecule has 0 aliphatic carbocycles. The minimum Gasteiger partial charge on any atom is -0.505 e. The van der Waals surface area contributed by atoms with Crippen molar-refractivity contribution >= 4 is 31.4 Å². The lowest BCUT2D eigenvalue weighted by Crippen LogP contribution is -2.23. The Morgan fingerprint density at radius 2 is 1.87 bits per heavy atom. The van der Waals surface area contributed by atoms with Gasteiger partial charge in [0.1, 0.15) is 11.3 Å². The first-order valence-corrected chi connectivity index (χ1v) is 10.1. The topological polar surface area (TPSA) is 53.4 Å². The van der Waals surface area contributed by atoms with Crippen LogP contribution >= 0.6 is 9.24 Å². The van der Waals surface area contributed by atoms with Crippen LogP contribution in [-0.2, 0) is 13.1 Å². The molecule has 4 nitrogen and oxygen atoms in total. The number of hydrogen-bond donors (Lipinski definition) is 1. The molecule has 1 amide bonds. The molecule has 4 aromatic rings. The molecule has 0 saturated carbocycles. The number of phenols is 1. The number of nitrogens with zero attached hydrogens (tertiary/aromatic N) is 2. The lowest BCUT2D eigenvalue weighted by Gasteiger charge is -2.16. The summed E-state index contributed by atoms with van der Waals surface area (Å²) >= 11 is 0. The number of fused-ring (bicyclic) bond motifs is 2. The summed E-state index contributed by atoms with van der Waals surface area (Å²) in [6.07, 6.45) is 1.61. The van der Waals surface area contributed by atoms with Crippen molar-refractivity contribution in [1.29, 1.82) is 0 Å². The van der Waals surface area contributed by atoms with Crippen molar-refractivity contribution in [1.82, 2.24) is 9.88 Å². The van der Waals surface area contributed by atoms with Crippen molar-refractivity contribution in [3.63, 3.8) is 0 Å². The van der Waals surface area contributed by atoms with E-state index < -0.39 is 0 Å². The normalized spacial score (nSPS) is 13.1. The van der Waals surface area contributed by atoms with Gasteiger partial charge >= 0.3 is 0 Å². The number of amides is 1. The molecule has 1 aliphatic rings. The van der Waals surface area contributed by atoms with E-state index in [1.54, 1.807) is 23.2 Å². The average molecular weight is 416 g/mol. The molecule has 3 aromatic carbocycles. The number of halogens is 1. The Morgan fingerprint density at radius 3 is 2.63 bits per heavy atom. The zero-order valence-corrected chi connectivity index (χ0v) is 17.1. The predicted octanol–water partition coefficient (Wildman–Crippen LogP) is 4.40. The molecule has 2 heterocycles. The fraction of sp³-hybridized carbons (Fsp3) is 0.0833. The van der Waals surface area contributed by atoms with Crippen molar-refractivity contribution in [2.24, 2.45) is 0 Å². The second-order valence-electron chi connectivity index (χ2n) is 7.39. The third-order valence-corrected chi connectivity index (χ3v) is 5.81. The summed E-state index contributed by atoms with van der Waals surface area (Å²) in [6, 6.07) is 17.8. The first-order valence-electron chi connectivity index (χ1n) is 9.55.